The van der Waals surface area contributed by atoms with E-state index in [-0.39, 0.29) is 5.91 Å². The molecule has 1 amide bonds. The molecule has 4 rings (SSSR count). The van der Waals surface area contributed by atoms with Gasteiger partial charge in [-0.3, -0.25) is 4.79 Å². The molecule has 26 heavy (non-hydrogen) atoms. The molecule has 2 aliphatic rings. The minimum absolute atomic E-state index is 0.128. The van der Waals surface area contributed by atoms with E-state index in [1.165, 1.54) is 22.2 Å². The summed E-state index contributed by atoms with van der Waals surface area (Å²) in [5.41, 5.74) is 2.30. The lowest BCUT2D eigenvalue weighted by atomic mass is 10.2. The van der Waals surface area contributed by atoms with Gasteiger partial charge in [-0.15, -0.1) is 10.2 Å². The first kappa shape index (κ1) is 17.5. The lowest BCUT2D eigenvalue weighted by Gasteiger charge is -2.23. The van der Waals surface area contributed by atoms with Gasteiger partial charge in [-0.05, 0) is 18.1 Å². The fraction of sp³-hybridized carbons (Fsp3) is 0.500. The van der Waals surface area contributed by atoms with E-state index in [1.807, 2.05) is 34.7 Å². The average Bonchev–Trinajstić information content (AvgIpc) is 3.25. The number of fused-ring (bicyclic) bond motifs is 1. The molecule has 0 bridgehead atoms. The van der Waals surface area contributed by atoms with Crippen molar-refractivity contribution in [1.29, 1.82) is 0 Å². The van der Waals surface area contributed by atoms with Crippen molar-refractivity contribution in [1.82, 2.24) is 14.8 Å². The van der Waals surface area contributed by atoms with Gasteiger partial charge in [0, 0.05) is 19.3 Å². The van der Waals surface area contributed by atoms with Crippen molar-refractivity contribution < 1.29 is 14.4 Å². The van der Waals surface area contributed by atoms with E-state index in [1.54, 1.807) is 0 Å². The number of aromatic nitrogens is 3. The van der Waals surface area contributed by atoms with E-state index in [4.69, 9.17) is 4.74 Å². The summed E-state index contributed by atoms with van der Waals surface area (Å²) < 4.78 is 7.41. The van der Waals surface area contributed by atoms with Gasteiger partial charge in [0.15, 0.2) is 11.0 Å². The van der Waals surface area contributed by atoms with Crippen LogP contribution in [0.5, 0.6) is 0 Å². The molecule has 0 spiro atoms. The first-order valence-corrected chi connectivity index (χ1v) is 10.0. The van der Waals surface area contributed by atoms with Crippen molar-refractivity contribution in [3.8, 4) is 0 Å². The maximum absolute atomic E-state index is 12.6. The summed E-state index contributed by atoms with van der Waals surface area (Å²) >= 11 is 1.46. The van der Waals surface area contributed by atoms with E-state index in [9.17, 15) is 4.79 Å². The zero-order valence-corrected chi connectivity index (χ0v) is 15.8. The van der Waals surface area contributed by atoms with Crippen molar-refractivity contribution in [2.24, 2.45) is 7.05 Å². The number of morpholine rings is 1. The Morgan fingerprint density at radius 3 is 2.92 bits per heavy atom. The summed E-state index contributed by atoms with van der Waals surface area (Å²) in [5, 5.41) is 9.41. The fourth-order valence-electron chi connectivity index (χ4n) is 3.49. The van der Waals surface area contributed by atoms with Crippen LogP contribution in [-0.2, 0) is 29.5 Å². The number of para-hydroxylation sites is 1. The molecule has 2 aliphatic heterocycles. The van der Waals surface area contributed by atoms with Crippen LogP contribution in [0.3, 0.4) is 0 Å². The molecule has 0 atom stereocenters. The smallest absolute Gasteiger partial charge is 0.237 e. The molecule has 8 heteroatoms. The van der Waals surface area contributed by atoms with Gasteiger partial charge < -0.3 is 19.1 Å². The van der Waals surface area contributed by atoms with E-state index in [0.717, 1.165) is 62.5 Å². The van der Waals surface area contributed by atoms with E-state index < -0.39 is 0 Å². The first-order chi connectivity index (χ1) is 12.7. The molecule has 1 fully saturated rings. The predicted molar refractivity (Wildman–Crippen MR) is 99.4 cm³/mol. The molecule has 0 aliphatic carbocycles. The third-order valence-corrected chi connectivity index (χ3v) is 6.05. The normalized spacial score (nSPS) is 17.5. The molecule has 7 nitrogen and oxygen atoms in total. The number of nitrogens with one attached hydrogen (secondary N) is 1. The number of hydrogen-bond acceptors (Lipinski definition) is 5. The van der Waals surface area contributed by atoms with Gasteiger partial charge in [0.25, 0.3) is 0 Å². The van der Waals surface area contributed by atoms with Crippen molar-refractivity contribution in [3.63, 3.8) is 0 Å². The molecule has 0 radical (unpaired) electrons. The van der Waals surface area contributed by atoms with Crippen LogP contribution in [0.1, 0.15) is 11.4 Å². The summed E-state index contributed by atoms with van der Waals surface area (Å²) in [5.74, 6) is 1.47. The summed E-state index contributed by atoms with van der Waals surface area (Å²) in [6.07, 6.45) is 0.934. The van der Waals surface area contributed by atoms with Gasteiger partial charge >= 0.3 is 0 Å². The van der Waals surface area contributed by atoms with E-state index >= 15 is 0 Å². The molecular formula is C18H24N5O2S+. The van der Waals surface area contributed by atoms with Gasteiger partial charge in [-0.25, -0.2) is 0 Å². The Hall–Kier alpha value is -1.90. The number of rotatable bonds is 5. The average molecular weight is 374 g/mol. The third-order valence-electron chi connectivity index (χ3n) is 5.05. The van der Waals surface area contributed by atoms with Crippen LogP contribution >= 0.6 is 11.8 Å². The Morgan fingerprint density at radius 1 is 1.27 bits per heavy atom. The standard InChI is InChI=1S/C18H23N5O2S/c1-21-16(12-22-8-10-25-11-9-22)19-20-18(21)26-13-17(24)23-7-6-14-4-2-3-5-15(14)23/h2-5H,6-13H2,1H3/p+1. The summed E-state index contributed by atoms with van der Waals surface area (Å²) in [6.45, 7) is 5.23. The van der Waals surface area contributed by atoms with Crippen LogP contribution < -0.4 is 9.80 Å². The molecule has 0 unspecified atom stereocenters. The number of carbonyl (C=O) groups excluding carboxylic acids is 1. The predicted octanol–water partition coefficient (Wildman–Crippen LogP) is -0.0884. The number of benzene rings is 1. The summed E-state index contributed by atoms with van der Waals surface area (Å²) in [7, 11) is 1.98. The molecule has 1 aromatic carbocycles. The van der Waals surface area contributed by atoms with Crippen molar-refractivity contribution >= 4 is 23.4 Å². The monoisotopic (exact) mass is 374 g/mol. The number of amides is 1. The Morgan fingerprint density at radius 2 is 2.08 bits per heavy atom. The van der Waals surface area contributed by atoms with Crippen LogP contribution in [0, 0.1) is 0 Å². The number of quaternary nitrogens is 1. The molecule has 1 aromatic heterocycles. The van der Waals surface area contributed by atoms with Crippen LogP contribution in [0.15, 0.2) is 29.4 Å². The highest BCUT2D eigenvalue weighted by Gasteiger charge is 2.25. The molecule has 138 valence electrons. The first-order valence-electron chi connectivity index (χ1n) is 9.03. The topological polar surface area (TPSA) is 64.7 Å². The molecular weight excluding hydrogens is 350 g/mol. The quantitative estimate of drug-likeness (QED) is 0.742. The van der Waals surface area contributed by atoms with Gasteiger partial charge in [-0.2, -0.15) is 0 Å². The number of anilines is 1. The fourth-order valence-corrected chi connectivity index (χ4v) is 4.29. The second-order valence-corrected chi connectivity index (χ2v) is 7.65. The Balaban J connectivity index is 1.35. The second-order valence-electron chi connectivity index (χ2n) is 6.71. The highest BCUT2D eigenvalue weighted by Crippen LogP contribution is 2.28. The van der Waals surface area contributed by atoms with Crippen LogP contribution in [0.25, 0.3) is 0 Å². The molecule has 0 saturated carbocycles. The number of thioether (sulfide) groups is 1. The minimum Gasteiger partial charge on any atom is -0.370 e. The Bertz CT molecular complexity index is 788. The molecule has 3 heterocycles. The van der Waals surface area contributed by atoms with Crippen LogP contribution in [0.2, 0.25) is 0 Å². The Labute approximate surface area is 157 Å². The second kappa shape index (κ2) is 7.77. The zero-order valence-electron chi connectivity index (χ0n) is 15.0. The van der Waals surface area contributed by atoms with Crippen molar-refractivity contribution in [3.05, 3.63) is 35.7 Å². The molecule has 1 N–H and O–H groups in total. The largest absolute Gasteiger partial charge is 0.370 e. The minimum atomic E-state index is 0.128. The summed E-state index contributed by atoms with van der Waals surface area (Å²) in [4.78, 5) is 16.0. The third kappa shape index (κ3) is 3.62. The number of ether oxygens (including phenoxy) is 1. The van der Waals surface area contributed by atoms with Gasteiger partial charge in [0.1, 0.15) is 19.6 Å². The lowest BCUT2D eigenvalue weighted by Crippen LogP contribution is -3.12. The number of carbonyl (C=O) groups is 1. The summed E-state index contributed by atoms with van der Waals surface area (Å²) in [6, 6.07) is 8.13. The van der Waals surface area contributed by atoms with Crippen LogP contribution in [-0.4, -0.2) is 59.3 Å². The van der Waals surface area contributed by atoms with Crippen molar-refractivity contribution in [2.75, 3.05) is 43.5 Å². The van der Waals surface area contributed by atoms with Gasteiger partial charge in [0.05, 0.1) is 19.0 Å². The molecule has 1 saturated heterocycles. The Kier molecular flexibility index (Phi) is 5.23. The SMILES string of the molecule is Cn1c(C[NH+]2CCOCC2)nnc1SCC(=O)N1CCc2ccccc21. The van der Waals surface area contributed by atoms with Crippen LogP contribution in [0.4, 0.5) is 5.69 Å². The molecule has 2 aromatic rings. The van der Waals surface area contributed by atoms with Gasteiger partial charge in [0.2, 0.25) is 5.91 Å². The van der Waals surface area contributed by atoms with Crippen molar-refractivity contribution in [2.45, 2.75) is 18.1 Å². The highest BCUT2D eigenvalue weighted by atomic mass is 32.2. The maximum Gasteiger partial charge on any atom is 0.237 e. The van der Waals surface area contributed by atoms with Gasteiger partial charge in [-0.1, -0.05) is 30.0 Å². The zero-order chi connectivity index (χ0) is 17.9. The maximum atomic E-state index is 12.6. The number of hydrogen-bond donors (Lipinski definition) is 1. The lowest BCUT2D eigenvalue weighted by molar-refractivity contribution is -0.922. The van der Waals surface area contributed by atoms with E-state index in [2.05, 4.69) is 16.3 Å². The number of nitrogens with zero attached hydrogens (tertiary/aromatic N) is 4. The van der Waals surface area contributed by atoms with E-state index in [0.29, 0.717) is 5.75 Å². The highest BCUT2D eigenvalue weighted by molar-refractivity contribution is 7.99.